The van der Waals surface area contributed by atoms with E-state index in [-0.39, 0.29) is 0 Å². The molecular weight excluding hydrogens is 314 g/mol. The van der Waals surface area contributed by atoms with Crippen molar-refractivity contribution in [1.29, 1.82) is 0 Å². The summed E-state index contributed by atoms with van der Waals surface area (Å²) in [5.41, 5.74) is 2.09. The highest BCUT2D eigenvalue weighted by Crippen LogP contribution is 2.30. The van der Waals surface area contributed by atoms with Crippen LogP contribution < -0.4 is 0 Å². The number of hydrogen-bond acceptors (Lipinski definition) is 5. The van der Waals surface area contributed by atoms with Crippen molar-refractivity contribution >= 4 is 10.9 Å². The third-order valence-electron chi connectivity index (χ3n) is 5.26. The Morgan fingerprint density at radius 1 is 1.20 bits per heavy atom. The molecule has 0 radical (unpaired) electrons. The molecule has 1 aromatic carbocycles. The number of fused-ring (bicyclic) bond motifs is 1. The maximum atomic E-state index is 5.55. The van der Waals surface area contributed by atoms with Crippen LogP contribution in [-0.4, -0.2) is 44.0 Å². The summed E-state index contributed by atoms with van der Waals surface area (Å²) in [5.74, 6) is 1.93. The summed E-state index contributed by atoms with van der Waals surface area (Å²) in [6.07, 6.45) is 1.17. The lowest BCUT2D eigenvalue weighted by molar-refractivity contribution is 0.0818. The molecule has 0 amide bonds. The highest BCUT2D eigenvalue weighted by molar-refractivity contribution is 5.83. The topological polar surface area (TPSA) is 60.0 Å². The van der Waals surface area contributed by atoms with Gasteiger partial charge in [0.25, 0.3) is 5.95 Å². The molecule has 3 aromatic rings. The van der Waals surface area contributed by atoms with Crippen LogP contribution in [-0.2, 0) is 0 Å². The maximum absolute atomic E-state index is 5.55. The number of rotatable bonds is 5. The van der Waals surface area contributed by atoms with E-state index in [2.05, 4.69) is 54.9 Å². The van der Waals surface area contributed by atoms with Crippen LogP contribution >= 0.6 is 0 Å². The Bertz CT molecular complexity index is 875. The smallest absolute Gasteiger partial charge is 0.291 e. The summed E-state index contributed by atoms with van der Waals surface area (Å²) >= 11 is 0. The molecule has 3 heterocycles. The predicted molar refractivity (Wildman–Crippen MR) is 97.1 cm³/mol. The number of para-hydroxylation sites is 1. The number of nitrogens with zero attached hydrogens (tertiary/aromatic N) is 5. The minimum absolute atomic E-state index is 0.335. The first-order valence-electron chi connectivity index (χ1n) is 9.14. The molecule has 4 rings (SSSR count). The number of aromatic nitrogens is 4. The van der Waals surface area contributed by atoms with Crippen LogP contribution in [0.3, 0.4) is 0 Å². The van der Waals surface area contributed by atoms with Crippen LogP contribution in [0.15, 0.2) is 28.8 Å². The molecule has 1 aliphatic rings. The second-order valence-corrected chi connectivity index (χ2v) is 7.31. The molecule has 1 unspecified atom stereocenters. The SMILES string of the molecule is CCC(C)N1CC(c2nc(-n3nc(C(C)C)c4ccccc43)no2)C1. The van der Waals surface area contributed by atoms with E-state index < -0.39 is 0 Å². The Kier molecular flexibility index (Phi) is 4.07. The monoisotopic (exact) mass is 339 g/mol. The summed E-state index contributed by atoms with van der Waals surface area (Å²) in [5, 5.41) is 10.1. The van der Waals surface area contributed by atoms with Gasteiger partial charge >= 0.3 is 0 Å². The van der Waals surface area contributed by atoms with E-state index in [1.807, 2.05) is 16.8 Å². The Hall–Kier alpha value is -2.21. The molecule has 0 saturated carbocycles. The van der Waals surface area contributed by atoms with Gasteiger partial charge in [0, 0.05) is 24.5 Å². The summed E-state index contributed by atoms with van der Waals surface area (Å²) in [4.78, 5) is 7.09. The molecule has 1 saturated heterocycles. The van der Waals surface area contributed by atoms with Gasteiger partial charge in [0.05, 0.1) is 17.1 Å². The van der Waals surface area contributed by atoms with Gasteiger partial charge in [-0.2, -0.15) is 14.8 Å². The molecule has 0 bridgehead atoms. The fourth-order valence-corrected chi connectivity index (χ4v) is 3.44. The van der Waals surface area contributed by atoms with Gasteiger partial charge in [0.15, 0.2) is 0 Å². The van der Waals surface area contributed by atoms with E-state index in [9.17, 15) is 0 Å². The Balaban J connectivity index is 1.62. The van der Waals surface area contributed by atoms with E-state index in [0.29, 0.717) is 23.8 Å². The second-order valence-electron chi connectivity index (χ2n) is 7.31. The second kappa shape index (κ2) is 6.26. The van der Waals surface area contributed by atoms with Gasteiger partial charge in [-0.25, -0.2) is 0 Å². The summed E-state index contributed by atoms with van der Waals surface area (Å²) < 4.78 is 7.36. The summed E-state index contributed by atoms with van der Waals surface area (Å²) in [7, 11) is 0. The molecule has 25 heavy (non-hydrogen) atoms. The first kappa shape index (κ1) is 16.3. The van der Waals surface area contributed by atoms with Gasteiger partial charge in [-0.1, -0.05) is 39.0 Å². The first-order valence-corrected chi connectivity index (χ1v) is 9.14. The first-order chi connectivity index (χ1) is 12.1. The molecule has 6 heteroatoms. The third kappa shape index (κ3) is 2.74. The van der Waals surface area contributed by atoms with Gasteiger partial charge < -0.3 is 4.52 Å². The van der Waals surface area contributed by atoms with Crippen molar-refractivity contribution in [1.82, 2.24) is 24.8 Å². The van der Waals surface area contributed by atoms with Crippen LogP contribution in [0.4, 0.5) is 0 Å². The summed E-state index contributed by atoms with van der Waals surface area (Å²) in [6, 6.07) is 8.83. The Labute approximate surface area is 147 Å². The zero-order valence-electron chi connectivity index (χ0n) is 15.3. The van der Waals surface area contributed by atoms with Crippen molar-refractivity contribution in [2.45, 2.75) is 52.0 Å². The lowest BCUT2D eigenvalue weighted by Crippen LogP contribution is -2.49. The van der Waals surface area contributed by atoms with Crippen LogP contribution in [0, 0.1) is 0 Å². The zero-order valence-corrected chi connectivity index (χ0v) is 15.3. The van der Waals surface area contributed by atoms with E-state index in [1.165, 1.54) is 6.42 Å². The van der Waals surface area contributed by atoms with E-state index in [1.54, 1.807) is 0 Å². The Morgan fingerprint density at radius 2 is 1.96 bits per heavy atom. The highest BCUT2D eigenvalue weighted by atomic mass is 16.5. The van der Waals surface area contributed by atoms with Crippen LogP contribution in [0.1, 0.15) is 57.5 Å². The zero-order chi connectivity index (χ0) is 17.6. The van der Waals surface area contributed by atoms with E-state index in [4.69, 9.17) is 9.62 Å². The minimum Gasteiger partial charge on any atom is -0.337 e. The highest BCUT2D eigenvalue weighted by Gasteiger charge is 2.34. The predicted octanol–water partition coefficient (Wildman–Crippen LogP) is 3.73. The Morgan fingerprint density at radius 3 is 2.68 bits per heavy atom. The fraction of sp³-hybridized carbons (Fsp3) is 0.526. The molecule has 6 nitrogen and oxygen atoms in total. The molecule has 0 N–H and O–H groups in total. The molecule has 0 aliphatic carbocycles. The van der Waals surface area contributed by atoms with Crippen molar-refractivity contribution in [3.8, 4) is 5.95 Å². The largest absolute Gasteiger partial charge is 0.337 e. The van der Waals surface area contributed by atoms with Gasteiger partial charge in [-0.05, 0) is 30.5 Å². The van der Waals surface area contributed by atoms with Crippen molar-refractivity contribution in [2.75, 3.05) is 13.1 Å². The minimum atomic E-state index is 0.335. The summed E-state index contributed by atoms with van der Waals surface area (Å²) in [6.45, 7) is 10.8. The van der Waals surface area contributed by atoms with Gasteiger partial charge in [-0.3, -0.25) is 4.90 Å². The molecule has 1 fully saturated rings. The maximum Gasteiger partial charge on any atom is 0.291 e. The average Bonchev–Trinajstić information content (AvgIpc) is 3.17. The molecule has 2 aromatic heterocycles. The van der Waals surface area contributed by atoms with Crippen molar-refractivity contribution < 1.29 is 4.52 Å². The number of benzene rings is 1. The molecule has 1 aliphatic heterocycles. The molecule has 0 spiro atoms. The van der Waals surface area contributed by atoms with Gasteiger partial charge in [0.2, 0.25) is 5.89 Å². The number of likely N-dealkylation sites (tertiary alicyclic amines) is 1. The molecule has 1 atom stereocenters. The standard InChI is InChI=1S/C19H25N5O/c1-5-13(4)23-10-14(11-23)18-20-19(22-25-18)24-16-9-7-6-8-15(16)17(21-24)12(2)3/h6-9,12-14H,5,10-11H2,1-4H3. The lowest BCUT2D eigenvalue weighted by atomic mass is 9.97. The quantitative estimate of drug-likeness (QED) is 0.709. The molecular formula is C19H25N5O. The lowest BCUT2D eigenvalue weighted by Gasteiger charge is -2.41. The fourth-order valence-electron chi connectivity index (χ4n) is 3.44. The van der Waals surface area contributed by atoms with Crippen molar-refractivity contribution in [3.05, 3.63) is 35.9 Å². The average molecular weight is 339 g/mol. The number of hydrogen-bond donors (Lipinski definition) is 0. The van der Waals surface area contributed by atoms with Crippen molar-refractivity contribution in [3.63, 3.8) is 0 Å². The third-order valence-corrected chi connectivity index (χ3v) is 5.26. The van der Waals surface area contributed by atoms with Gasteiger partial charge in [-0.15, -0.1) is 0 Å². The van der Waals surface area contributed by atoms with E-state index in [0.717, 1.165) is 35.6 Å². The van der Waals surface area contributed by atoms with Crippen molar-refractivity contribution in [2.24, 2.45) is 0 Å². The van der Waals surface area contributed by atoms with Crippen LogP contribution in [0.25, 0.3) is 16.9 Å². The molecule has 132 valence electrons. The van der Waals surface area contributed by atoms with Gasteiger partial charge in [0.1, 0.15) is 0 Å². The van der Waals surface area contributed by atoms with Crippen LogP contribution in [0.5, 0.6) is 0 Å². The normalized spacial score (nSPS) is 17.3. The van der Waals surface area contributed by atoms with E-state index >= 15 is 0 Å². The van der Waals surface area contributed by atoms with Crippen LogP contribution in [0.2, 0.25) is 0 Å².